The summed E-state index contributed by atoms with van der Waals surface area (Å²) in [6.07, 6.45) is -1.86. The van der Waals surface area contributed by atoms with Gasteiger partial charge in [0, 0.05) is 6.42 Å². The lowest BCUT2D eigenvalue weighted by atomic mass is 9.80. The van der Waals surface area contributed by atoms with Crippen molar-refractivity contribution >= 4 is 0 Å². The molecule has 1 unspecified atom stereocenters. The van der Waals surface area contributed by atoms with E-state index in [-0.39, 0.29) is 12.4 Å². The van der Waals surface area contributed by atoms with Crippen molar-refractivity contribution in [3.63, 3.8) is 0 Å². The van der Waals surface area contributed by atoms with Gasteiger partial charge in [-0.3, -0.25) is 0 Å². The van der Waals surface area contributed by atoms with Crippen molar-refractivity contribution in [2.24, 2.45) is 0 Å². The summed E-state index contributed by atoms with van der Waals surface area (Å²) in [5, 5.41) is 10.3. The minimum absolute atomic E-state index is 0.0492. The molecule has 0 aromatic heterocycles. The highest BCUT2D eigenvalue weighted by Crippen LogP contribution is 2.70. The van der Waals surface area contributed by atoms with Crippen molar-refractivity contribution < 1.29 is 49.4 Å². The molecule has 1 aromatic carbocycles. The molecular formula is C17H17F9O2. The zero-order valence-electron chi connectivity index (χ0n) is 14.7. The zero-order valence-corrected chi connectivity index (χ0v) is 14.7. The maximum atomic E-state index is 14.7. The summed E-state index contributed by atoms with van der Waals surface area (Å²) in [6.45, 7) is 2.51. The SMILES string of the molecule is CCCOc1cccc(C(C)(O)CC2(F)C(F)(F)C(F)(F)C(F)(F)C2(F)F)c1. The lowest BCUT2D eigenvalue weighted by molar-refractivity contribution is -0.303. The van der Waals surface area contributed by atoms with Gasteiger partial charge in [-0.1, -0.05) is 19.1 Å². The Bertz CT molecular complexity index is 705. The molecule has 1 fully saturated rings. The number of alkyl halides is 9. The first kappa shape index (κ1) is 22.6. The van der Waals surface area contributed by atoms with E-state index in [1.54, 1.807) is 6.92 Å². The van der Waals surface area contributed by atoms with Crippen molar-refractivity contribution in [3.8, 4) is 5.75 Å². The Hall–Kier alpha value is -1.65. The van der Waals surface area contributed by atoms with Gasteiger partial charge < -0.3 is 9.84 Å². The molecule has 2 nitrogen and oxygen atoms in total. The summed E-state index contributed by atoms with van der Waals surface area (Å²) in [5.41, 5.74) is -9.11. The van der Waals surface area contributed by atoms with Crippen molar-refractivity contribution in [3.05, 3.63) is 29.8 Å². The van der Waals surface area contributed by atoms with Crippen LogP contribution in [0.2, 0.25) is 0 Å². The standard InChI is InChI=1S/C17H17F9O2/c1-3-7-28-11-6-4-5-10(8-11)12(2,27)9-13(18)14(19,20)16(23,24)17(25,26)15(13,21)22/h4-6,8,27H,3,7,9H2,1-2H3. The van der Waals surface area contributed by atoms with Crippen molar-refractivity contribution in [1.29, 1.82) is 0 Å². The molecule has 0 aliphatic heterocycles. The molecule has 1 aliphatic carbocycles. The Morgan fingerprint density at radius 2 is 1.39 bits per heavy atom. The largest absolute Gasteiger partial charge is 0.494 e. The Kier molecular flexibility index (Phi) is 5.20. The van der Waals surface area contributed by atoms with Crippen LogP contribution in [0.15, 0.2) is 24.3 Å². The van der Waals surface area contributed by atoms with Crippen LogP contribution in [0.1, 0.15) is 32.3 Å². The second kappa shape index (κ2) is 6.43. The molecule has 0 saturated heterocycles. The number of aliphatic hydroxyl groups is 1. The second-order valence-corrected chi connectivity index (χ2v) is 6.93. The Labute approximate surface area is 154 Å². The van der Waals surface area contributed by atoms with Crippen LogP contribution in [0.5, 0.6) is 5.75 Å². The van der Waals surface area contributed by atoms with Crippen LogP contribution >= 0.6 is 0 Å². The van der Waals surface area contributed by atoms with Gasteiger partial charge in [-0.2, -0.15) is 35.1 Å². The highest BCUT2D eigenvalue weighted by molar-refractivity contribution is 5.35. The molecule has 0 amide bonds. The molecule has 1 atom stereocenters. The molecule has 0 bridgehead atoms. The van der Waals surface area contributed by atoms with Crippen LogP contribution in [0.3, 0.4) is 0 Å². The summed E-state index contributed by atoms with van der Waals surface area (Å²) < 4.78 is 129. The number of rotatable bonds is 6. The average Bonchev–Trinajstić information content (AvgIpc) is 2.62. The molecule has 28 heavy (non-hydrogen) atoms. The summed E-state index contributed by atoms with van der Waals surface area (Å²) in [5.74, 6) is -26.2. The number of benzene rings is 1. The van der Waals surface area contributed by atoms with E-state index < -0.39 is 46.9 Å². The number of hydrogen-bond acceptors (Lipinski definition) is 2. The lowest BCUT2D eigenvalue weighted by Crippen LogP contribution is -2.57. The van der Waals surface area contributed by atoms with Crippen LogP contribution in [0.25, 0.3) is 0 Å². The smallest absolute Gasteiger partial charge is 0.381 e. The van der Waals surface area contributed by atoms with E-state index in [1.807, 2.05) is 0 Å². The molecule has 1 N–H and O–H groups in total. The quantitative estimate of drug-likeness (QED) is 0.625. The molecule has 1 saturated carbocycles. The minimum atomic E-state index is -6.67. The summed E-state index contributed by atoms with van der Waals surface area (Å²) >= 11 is 0. The third kappa shape index (κ3) is 2.76. The molecular weight excluding hydrogens is 407 g/mol. The van der Waals surface area contributed by atoms with E-state index in [2.05, 4.69) is 0 Å². The van der Waals surface area contributed by atoms with E-state index >= 15 is 0 Å². The third-order valence-electron chi connectivity index (χ3n) is 4.69. The normalized spacial score (nSPS) is 25.9. The number of ether oxygens (including phenoxy) is 1. The van der Waals surface area contributed by atoms with Crippen LogP contribution < -0.4 is 4.74 Å². The van der Waals surface area contributed by atoms with Gasteiger partial charge in [-0.25, -0.2) is 4.39 Å². The van der Waals surface area contributed by atoms with E-state index in [0.717, 1.165) is 12.1 Å². The van der Waals surface area contributed by atoms with E-state index in [9.17, 15) is 44.6 Å². The fourth-order valence-electron chi connectivity index (χ4n) is 3.03. The van der Waals surface area contributed by atoms with Crippen LogP contribution in [0, 0.1) is 0 Å². The molecule has 160 valence electrons. The molecule has 0 heterocycles. The van der Waals surface area contributed by atoms with Crippen LogP contribution in [-0.2, 0) is 5.60 Å². The van der Waals surface area contributed by atoms with Crippen LogP contribution in [-0.4, -0.2) is 41.1 Å². The van der Waals surface area contributed by atoms with Gasteiger partial charge in [0.05, 0.1) is 12.2 Å². The zero-order chi connectivity index (χ0) is 21.8. The van der Waals surface area contributed by atoms with Crippen LogP contribution in [0.4, 0.5) is 39.5 Å². The van der Waals surface area contributed by atoms with Crippen molar-refractivity contribution in [2.45, 2.75) is 61.6 Å². The molecule has 0 spiro atoms. The number of hydrogen-bond donors (Lipinski definition) is 1. The first-order valence-corrected chi connectivity index (χ1v) is 8.15. The Balaban J connectivity index is 2.50. The lowest BCUT2D eigenvalue weighted by Gasteiger charge is -2.37. The third-order valence-corrected chi connectivity index (χ3v) is 4.69. The Morgan fingerprint density at radius 3 is 1.86 bits per heavy atom. The van der Waals surface area contributed by atoms with Crippen molar-refractivity contribution in [2.75, 3.05) is 6.61 Å². The first-order valence-electron chi connectivity index (χ1n) is 8.15. The van der Waals surface area contributed by atoms with E-state index in [4.69, 9.17) is 4.74 Å². The fraction of sp³-hybridized carbons (Fsp3) is 0.647. The molecule has 0 radical (unpaired) electrons. The van der Waals surface area contributed by atoms with Gasteiger partial charge in [0.15, 0.2) is 0 Å². The van der Waals surface area contributed by atoms with Crippen molar-refractivity contribution in [1.82, 2.24) is 0 Å². The first-order chi connectivity index (χ1) is 12.5. The van der Waals surface area contributed by atoms with Gasteiger partial charge in [0.25, 0.3) is 5.67 Å². The fourth-order valence-corrected chi connectivity index (χ4v) is 3.03. The molecule has 11 heteroatoms. The van der Waals surface area contributed by atoms with Gasteiger partial charge >= 0.3 is 23.7 Å². The predicted octanol–water partition coefficient (Wildman–Crippen LogP) is 5.34. The maximum Gasteiger partial charge on any atom is 0.381 e. The van der Waals surface area contributed by atoms with E-state index in [1.165, 1.54) is 12.1 Å². The topological polar surface area (TPSA) is 29.5 Å². The van der Waals surface area contributed by atoms with Gasteiger partial charge in [-0.15, -0.1) is 0 Å². The summed E-state index contributed by atoms with van der Waals surface area (Å²) in [7, 11) is 0. The number of halogens is 9. The second-order valence-electron chi connectivity index (χ2n) is 6.93. The predicted molar refractivity (Wildman–Crippen MR) is 80.0 cm³/mol. The minimum Gasteiger partial charge on any atom is -0.494 e. The van der Waals surface area contributed by atoms with E-state index in [0.29, 0.717) is 13.3 Å². The van der Waals surface area contributed by atoms with Gasteiger partial charge in [0.1, 0.15) is 5.75 Å². The maximum absolute atomic E-state index is 14.7. The van der Waals surface area contributed by atoms with Gasteiger partial charge in [-0.05, 0) is 31.0 Å². The average molecular weight is 424 g/mol. The summed E-state index contributed by atoms with van der Waals surface area (Å²) in [4.78, 5) is 0. The highest BCUT2D eigenvalue weighted by Gasteiger charge is 3.00. The highest BCUT2D eigenvalue weighted by atomic mass is 19.4. The molecule has 1 aliphatic rings. The summed E-state index contributed by atoms with van der Waals surface area (Å²) in [6, 6.07) is 4.54. The Morgan fingerprint density at radius 1 is 0.893 bits per heavy atom. The molecule has 1 aromatic rings. The van der Waals surface area contributed by atoms with Gasteiger partial charge in [0.2, 0.25) is 0 Å². The monoisotopic (exact) mass is 424 g/mol. The molecule has 2 rings (SSSR count).